The monoisotopic (exact) mass is 270 g/mol. The van der Waals surface area contributed by atoms with E-state index < -0.39 is 5.97 Å². The van der Waals surface area contributed by atoms with Crippen molar-refractivity contribution in [3.63, 3.8) is 0 Å². The number of nitrogens with zero attached hydrogens (tertiary/aromatic N) is 2. The molecule has 0 saturated heterocycles. The Morgan fingerprint density at radius 2 is 2.00 bits per heavy atom. The lowest BCUT2D eigenvalue weighted by Gasteiger charge is -2.08. The van der Waals surface area contributed by atoms with Crippen LogP contribution in [0.3, 0.4) is 0 Å². The van der Waals surface area contributed by atoms with Gasteiger partial charge < -0.3 is 4.74 Å². The van der Waals surface area contributed by atoms with Gasteiger partial charge >= 0.3 is 5.97 Å². The number of hydrogen-bond donors (Lipinski definition) is 0. The summed E-state index contributed by atoms with van der Waals surface area (Å²) in [6.45, 7) is 1.96. The quantitative estimate of drug-likeness (QED) is 0.669. The van der Waals surface area contributed by atoms with Crippen LogP contribution >= 0.6 is 0 Å². The molecule has 20 heavy (non-hydrogen) atoms. The van der Waals surface area contributed by atoms with Crippen LogP contribution in [-0.2, 0) is 11.8 Å². The third-order valence-corrected chi connectivity index (χ3v) is 3.29. The van der Waals surface area contributed by atoms with E-state index in [4.69, 9.17) is 4.74 Å². The van der Waals surface area contributed by atoms with Gasteiger partial charge in [-0.1, -0.05) is 18.2 Å². The molecule has 5 nitrogen and oxygen atoms in total. The average molecular weight is 270 g/mol. The van der Waals surface area contributed by atoms with Crippen molar-refractivity contribution in [1.29, 1.82) is 0 Å². The summed E-state index contributed by atoms with van der Waals surface area (Å²) in [5.74, 6) is -0.583. The summed E-state index contributed by atoms with van der Waals surface area (Å²) in [5, 5.41) is 0.959. The van der Waals surface area contributed by atoms with Gasteiger partial charge in [0.15, 0.2) is 0 Å². The van der Waals surface area contributed by atoms with E-state index >= 15 is 0 Å². The molecule has 2 heterocycles. The van der Waals surface area contributed by atoms with Crippen LogP contribution in [0.2, 0.25) is 0 Å². The molecule has 0 radical (unpaired) electrons. The van der Waals surface area contributed by atoms with Gasteiger partial charge in [0.1, 0.15) is 11.1 Å². The number of benzene rings is 1. The minimum atomic E-state index is -0.583. The van der Waals surface area contributed by atoms with Gasteiger partial charge in [0.05, 0.1) is 12.1 Å². The minimum absolute atomic E-state index is 0.0599. The van der Waals surface area contributed by atoms with E-state index in [9.17, 15) is 9.59 Å². The fourth-order valence-corrected chi connectivity index (χ4v) is 2.44. The molecule has 0 spiro atoms. The van der Waals surface area contributed by atoms with E-state index in [2.05, 4.69) is 0 Å². The molecule has 102 valence electrons. The molecule has 5 heteroatoms. The number of fused-ring (bicyclic) bond motifs is 3. The van der Waals surface area contributed by atoms with Crippen LogP contribution < -0.4 is 5.43 Å². The standard InChI is InChI=1S/C15H14N2O3/c1-3-20-15(19)11-9-16(2)17-12-7-5-4-6-10(12)8-13(17)14(11)18/h4-9H,3H2,1-2H3. The van der Waals surface area contributed by atoms with Gasteiger partial charge in [-0.15, -0.1) is 0 Å². The van der Waals surface area contributed by atoms with Gasteiger partial charge in [-0.25, -0.2) is 9.31 Å². The van der Waals surface area contributed by atoms with Crippen molar-refractivity contribution < 1.29 is 9.53 Å². The molecular weight excluding hydrogens is 256 g/mol. The molecule has 1 aromatic carbocycles. The van der Waals surface area contributed by atoms with Crippen molar-refractivity contribution in [2.45, 2.75) is 6.92 Å². The average Bonchev–Trinajstić information content (AvgIpc) is 2.83. The SMILES string of the molecule is CCOC(=O)c1cn(C)n2c(cc3ccccc32)c1=O. The van der Waals surface area contributed by atoms with Gasteiger partial charge in [-0.05, 0) is 19.1 Å². The van der Waals surface area contributed by atoms with Crippen molar-refractivity contribution in [2.75, 3.05) is 6.61 Å². The molecule has 2 aromatic heterocycles. The molecule has 0 amide bonds. The second-order valence-electron chi connectivity index (χ2n) is 4.57. The van der Waals surface area contributed by atoms with E-state index in [1.54, 1.807) is 29.2 Å². The summed E-state index contributed by atoms with van der Waals surface area (Å²) in [7, 11) is 1.79. The summed E-state index contributed by atoms with van der Waals surface area (Å²) in [6.07, 6.45) is 1.51. The summed E-state index contributed by atoms with van der Waals surface area (Å²) in [4.78, 5) is 24.3. The Balaban J connectivity index is 2.39. The maximum Gasteiger partial charge on any atom is 0.343 e. The smallest absolute Gasteiger partial charge is 0.343 e. The van der Waals surface area contributed by atoms with Crippen molar-refractivity contribution in [3.05, 3.63) is 52.3 Å². The number of rotatable bonds is 2. The lowest BCUT2D eigenvalue weighted by Crippen LogP contribution is -2.23. The van der Waals surface area contributed by atoms with E-state index in [-0.39, 0.29) is 17.6 Å². The first-order chi connectivity index (χ1) is 9.63. The van der Waals surface area contributed by atoms with Crippen LogP contribution in [-0.4, -0.2) is 21.8 Å². The van der Waals surface area contributed by atoms with Crippen molar-refractivity contribution >= 4 is 22.4 Å². The summed E-state index contributed by atoms with van der Waals surface area (Å²) < 4.78 is 8.44. The Bertz CT molecular complexity index is 874. The molecule has 0 saturated carbocycles. The van der Waals surface area contributed by atoms with E-state index in [1.165, 1.54) is 6.20 Å². The summed E-state index contributed by atoms with van der Waals surface area (Å²) in [6, 6.07) is 9.50. The first kappa shape index (κ1) is 12.5. The zero-order valence-corrected chi connectivity index (χ0v) is 11.3. The van der Waals surface area contributed by atoms with E-state index in [0.717, 1.165) is 10.9 Å². The number of esters is 1. The second kappa shape index (κ2) is 4.52. The molecule has 0 N–H and O–H groups in total. The zero-order chi connectivity index (χ0) is 14.3. The molecule has 0 aliphatic rings. The Labute approximate surface area is 115 Å². The van der Waals surface area contributed by atoms with Crippen LogP contribution in [0.15, 0.2) is 41.3 Å². The Hall–Kier alpha value is -2.56. The topological polar surface area (TPSA) is 52.7 Å². The lowest BCUT2D eigenvalue weighted by atomic mass is 10.2. The number of aryl methyl sites for hydroxylation is 1. The normalized spacial score (nSPS) is 11.1. The molecule has 0 aliphatic heterocycles. The zero-order valence-electron chi connectivity index (χ0n) is 11.3. The minimum Gasteiger partial charge on any atom is -0.462 e. The highest BCUT2D eigenvalue weighted by Crippen LogP contribution is 2.18. The third-order valence-electron chi connectivity index (χ3n) is 3.29. The van der Waals surface area contributed by atoms with Gasteiger partial charge in [-0.3, -0.25) is 9.48 Å². The van der Waals surface area contributed by atoms with Crippen molar-refractivity contribution in [3.8, 4) is 0 Å². The third kappa shape index (κ3) is 1.71. The Morgan fingerprint density at radius 3 is 2.75 bits per heavy atom. The molecule has 0 aliphatic carbocycles. The second-order valence-corrected chi connectivity index (χ2v) is 4.57. The first-order valence-electron chi connectivity index (χ1n) is 6.40. The van der Waals surface area contributed by atoms with Crippen LogP contribution in [0.1, 0.15) is 17.3 Å². The number of carbonyl (C=O) groups excluding carboxylic acids is 1. The number of ether oxygens (including phenoxy) is 1. The molecule has 3 rings (SSSR count). The number of carbonyl (C=O) groups is 1. The highest BCUT2D eigenvalue weighted by atomic mass is 16.5. The lowest BCUT2D eigenvalue weighted by molar-refractivity contribution is 0.0523. The van der Waals surface area contributed by atoms with Gasteiger partial charge in [0, 0.05) is 18.6 Å². The summed E-state index contributed by atoms with van der Waals surface area (Å²) in [5.41, 5.74) is 1.15. The number of aromatic nitrogens is 2. The fourth-order valence-electron chi connectivity index (χ4n) is 2.44. The molecule has 0 unspecified atom stereocenters. The largest absolute Gasteiger partial charge is 0.462 e. The van der Waals surface area contributed by atoms with E-state index in [0.29, 0.717) is 5.52 Å². The maximum absolute atomic E-state index is 12.4. The highest BCUT2D eigenvalue weighted by molar-refractivity contribution is 5.93. The Morgan fingerprint density at radius 1 is 1.25 bits per heavy atom. The number of para-hydroxylation sites is 1. The maximum atomic E-state index is 12.4. The predicted octanol–water partition coefficient (Wildman–Crippen LogP) is 1.97. The molecule has 0 fully saturated rings. The van der Waals surface area contributed by atoms with Crippen molar-refractivity contribution in [1.82, 2.24) is 9.20 Å². The van der Waals surface area contributed by atoms with Crippen LogP contribution in [0, 0.1) is 0 Å². The molecular formula is C15H14N2O3. The number of hydrogen-bond acceptors (Lipinski definition) is 3. The van der Waals surface area contributed by atoms with Gasteiger partial charge in [-0.2, -0.15) is 0 Å². The molecule has 0 atom stereocenters. The van der Waals surface area contributed by atoms with Gasteiger partial charge in [0.2, 0.25) is 5.43 Å². The fraction of sp³-hybridized carbons (Fsp3) is 0.200. The Kier molecular flexibility index (Phi) is 2.82. The molecule has 3 aromatic rings. The van der Waals surface area contributed by atoms with Crippen LogP contribution in [0.25, 0.3) is 16.4 Å². The van der Waals surface area contributed by atoms with Crippen LogP contribution in [0.4, 0.5) is 0 Å². The highest BCUT2D eigenvalue weighted by Gasteiger charge is 2.17. The van der Waals surface area contributed by atoms with E-state index in [1.807, 2.05) is 24.3 Å². The van der Waals surface area contributed by atoms with Crippen LogP contribution in [0.5, 0.6) is 0 Å². The molecule has 0 bridgehead atoms. The van der Waals surface area contributed by atoms with Crippen molar-refractivity contribution in [2.24, 2.45) is 7.05 Å². The first-order valence-corrected chi connectivity index (χ1v) is 6.40. The predicted molar refractivity (Wildman–Crippen MR) is 76.1 cm³/mol. The van der Waals surface area contributed by atoms with Gasteiger partial charge in [0.25, 0.3) is 0 Å². The summed E-state index contributed by atoms with van der Waals surface area (Å²) >= 11 is 0.